The minimum Gasteiger partial charge on any atom is -0.483 e. The molecule has 0 spiro atoms. The number of benzene rings is 1. The molecule has 2 nitrogen and oxygen atoms in total. The molecule has 2 aliphatic heterocycles. The Balaban J connectivity index is 2.11. The van der Waals surface area contributed by atoms with Crippen LogP contribution in [0.1, 0.15) is 25.0 Å². The molecule has 17 heavy (non-hydrogen) atoms. The van der Waals surface area contributed by atoms with Gasteiger partial charge < -0.3 is 9.47 Å². The highest BCUT2D eigenvalue weighted by Gasteiger charge is 2.23. The molecule has 0 amide bonds. The van der Waals surface area contributed by atoms with E-state index < -0.39 is 0 Å². The van der Waals surface area contributed by atoms with Gasteiger partial charge in [-0.25, -0.2) is 0 Å². The third kappa shape index (κ3) is 1.76. The van der Waals surface area contributed by atoms with Crippen LogP contribution in [0.15, 0.2) is 36.6 Å². The lowest BCUT2D eigenvalue weighted by Crippen LogP contribution is -2.27. The highest BCUT2D eigenvalue weighted by Crippen LogP contribution is 2.38. The fraction of sp³-hybridized carbons (Fsp3) is 0.200. The Kier molecular flexibility index (Phi) is 1.96. The Bertz CT molecular complexity index is 563. The third-order valence-electron chi connectivity index (χ3n) is 2.87. The minimum atomic E-state index is -0.261. The zero-order chi connectivity index (χ0) is 12.0. The Morgan fingerprint density at radius 3 is 2.59 bits per heavy atom. The van der Waals surface area contributed by atoms with Crippen LogP contribution in [0.4, 0.5) is 0 Å². The third-order valence-corrected chi connectivity index (χ3v) is 2.87. The summed E-state index contributed by atoms with van der Waals surface area (Å²) in [6, 6.07) is 4.00. The van der Waals surface area contributed by atoms with Crippen molar-refractivity contribution >= 4 is 12.2 Å². The first-order chi connectivity index (χ1) is 8.03. The van der Waals surface area contributed by atoms with Crippen LogP contribution < -0.4 is 9.47 Å². The van der Waals surface area contributed by atoms with Gasteiger partial charge in [0.1, 0.15) is 22.9 Å². The van der Waals surface area contributed by atoms with Gasteiger partial charge in [0.25, 0.3) is 0 Å². The molecule has 2 aliphatic rings. The van der Waals surface area contributed by atoms with Gasteiger partial charge in [0.2, 0.25) is 0 Å². The standard InChI is InChI=1S/C15H14O2/c1-10-4-5-11-8-12-6-7-15(2,3)17-14(12)9-13(11)16-10/h4-9H,1H2,2-3H3. The summed E-state index contributed by atoms with van der Waals surface area (Å²) in [7, 11) is 0. The molecule has 2 heterocycles. The maximum Gasteiger partial charge on any atom is 0.138 e. The van der Waals surface area contributed by atoms with Crippen molar-refractivity contribution in [3.05, 3.63) is 47.7 Å². The average Bonchev–Trinajstić information content (AvgIpc) is 2.25. The summed E-state index contributed by atoms with van der Waals surface area (Å²) in [5, 5.41) is 0. The highest BCUT2D eigenvalue weighted by molar-refractivity contribution is 5.71. The summed E-state index contributed by atoms with van der Waals surface area (Å²) in [6.07, 6.45) is 8.03. The summed E-state index contributed by atoms with van der Waals surface area (Å²) in [5.74, 6) is 2.32. The maximum atomic E-state index is 5.90. The first-order valence-corrected chi connectivity index (χ1v) is 5.65. The molecule has 0 aliphatic carbocycles. The fourth-order valence-corrected chi connectivity index (χ4v) is 2.00. The second kappa shape index (κ2) is 3.27. The fourth-order valence-electron chi connectivity index (χ4n) is 2.00. The monoisotopic (exact) mass is 226 g/mol. The SMILES string of the molecule is C=C1C=Cc2cc3c(cc2O1)OC(C)(C)C=C3. The van der Waals surface area contributed by atoms with Crippen LogP contribution in [0.2, 0.25) is 0 Å². The Morgan fingerprint density at radius 1 is 1.00 bits per heavy atom. The summed E-state index contributed by atoms with van der Waals surface area (Å²) in [5.41, 5.74) is 1.89. The molecule has 1 aromatic carbocycles. The largest absolute Gasteiger partial charge is 0.483 e. The lowest BCUT2D eigenvalue weighted by molar-refractivity contribution is 0.158. The number of rotatable bonds is 0. The number of hydrogen-bond acceptors (Lipinski definition) is 2. The summed E-state index contributed by atoms with van der Waals surface area (Å²) in [6.45, 7) is 7.86. The zero-order valence-corrected chi connectivity index (χ0v) is 9.99. The Hall–Kier alpha value is -1.96. The first-order valence-electron chi connectivity index (χ1n) is 5.65. The molecular weight excluding hydrogens is 212 g/mol. The lowest BCUT2D eigenvalue weighted by atomic mass is 9.99. The van der Waals surface area contributed by atoms with Gasteiger partial charge in [-0.1, -0.05) is 12.7 Å². The van der Waals surface area contributed by atoms with E-state index in [1.165, 1.54) is 0 Å². The van der Waals surface area contributed by atoms with Crippen molar-refractivity contribution in [2.75, 3.05) is 0 Å². The van der Waals surface area contributed by atoms with E-state index in [2.05, 4.69) is 24.8 Å². The van der Waals surface area contributed by atoms with E-state index >= 15 is 0 Å². The molecule has 0 aromatic heterocycles. The lowest BCUT2D eigenvalue weighted by Gasteiger charge is -2.29. The van der Waals surface area contributed by atoms with Gasteiger partial charge in [-0.3, -0.25) is 0 Å². The molecule has 0 radical (unpaired) electrons. The van der Waals surface area contributed by atoms with E-state index in [0.29, 0.717) is 5.76 Å². The van der Waals surface area contributed by atoms with Gasteiger partial charge in [0, 0.05) is 17.2 Å². The molecule has 0 bridgehead atoms. The van der Waals surface area contributed by atoms with Crippen LogP contribution in [-0.2, 0) is 0 Å². The molecule has 0 N–H and O–H groups in total. The molecule has 3 rings (SSSR count). The van der Waals surface area contributed by atoms with Crippen LogP contribution in [0, 0.1) is 0 Å². The second-order valence-corrected chi connectivity index (χ2v) is 4.87. The van der Waals surface area contributed by atoms with Gasteiger partial charge in [0.05, 0.1) is 0 Å². The van der Waals surface area contributed by atoms with Gasteiger partial charge >= 0.3 is 0 Å². The van der Waals surface area contributed by atoms with Gasteiger partial charge in [0.15, 0.2) is 0 Å². The molecule has 86 valence electrons. The quantitative estimate of drug-likeness (QED) is 0.670. The predicted octanol–water partition coefficient (Wildman–Crippen LogP) is 3.79. The Morgan fingerprint density at radius 2 is 1.76 bits per heavy atom. The van der Waals surface area contributed by atoms with Crippen LogP contribution in [0.5, 0.6) is 11.5 Å². The Labute approximate surface area is 101 Å². The number of fused-ring (bicyclic) bond motifs is 2. The van der Waals surface area contributed by atoms with E-state index in [0.717, 1.165) is 22.6 Å². The summed E-state index contributed by atoms with van der Waals surface area (Å²) >= 11 is 0. The number of ether oxygens (including phenoxy) is 2. The zero-order valence-electron chi connectivity index (χ0n) is 9.99. The van der Waals surface area contributed by atoms with E-state index in [9.17, 15) is 0 Å². The molecule has 0 fully saturated rings. The number of hydrogen-bond donors (Lipinski definition) is 0. The van der Waals surface area contributed by atoms with Crippen molar-refractivity contribution in [3.8, 4) is 11.5 Å². The number of allylic oxidation sites excluding steroid dienone is 1. The highest BCUT2D eigenvalue weighted by atomic mass is 16.5. The molecule has 0 saturated heterocycles. The van der Waals surface area contributed by atoms with E-state index in [4.69, 9.17) is 9.47 Å². The van der Waals surface area contributed by atoms with E-state index in [-0.39, 0.29) is 5.60 Å². The smallest absolute Gasteiger partial charge is 0.138 e. The van der Waals surface area contributed by atoms with E-state index in [1.807, 2.05) is 32.1 Å². The average molecular weight is 226 g/mol. The minimum absolute atomic E-state index is 0.261. The van der Waals surface area contributed by atoms with Crippen LogP contribution in [0.25, 0.3) is 12.2 Å². The van der Waals surface area contributed by atoms with Crippen molar-refractivity contribution in [1.82, 2.24) is 0 Å². The van der Waals surface area contributed by atoms with Crippen LogP contribution >= 0.6 is 0 Å². The molecule has 2 heteroatoms. The van der Waals surface area contributed by atoms with Crippen LogP contribution in [-0.4, -0.2) is 5.60 Å². The molecule has 0 atom stereocenters. The van der Waals surface area contributed by atoms with Crippen molar-refractivity contribution in [2.24, 2.45) is 0 Å². The first kappa shape index (κ1) is 10.2. The summed E-state index contributed by atoms with van der Waals surface area (Å²) < 4.78 is 11.5. The van der Waals surface area contributed by atoms with Crippen molar-refractivity contribution in [2.45, 2.75) is 19.4 Å². The van der Waals surface area contributed by atoms with Gasteiger partial charge in [-0.05, 0) is 38.1 Å². The molecule has 1 aromatic rings. The van der Waals surface area contributed by atoms with Gasteiger partial charge in [-0.2, -0.15) is 0 Å². The normalized spacial score (nSPS) is 19.1. The van der Waals surface area contributed by atoms with Crippen molar-refractivity contribution in [1.29, 1.82) is 0 Å². The molecular formula is C15H14O2. The van der Waals surface area contributed by atoms with Gasteiger partial charge in [-0.15, -0.1) is 0 Å². The molecule has 0 saturated carbocycles. The predicted molar refractivity (Wildman–Crippen MR) is 69.0 cm³/mol. The van der Waals surface area contributed by atoms with Crippen LogP contribution in [0.3, 0.4) is 0 Å². The van der Waals surface area contributed by atoms with E-state index in [1.54, 1.807) is 0 Å². The maximum absolute atomic E-state index is 5.90. The second-order valence-electron chi connectivity index (χ2n) is 4.87. The topological polar surface area (TPSA) is 18.5 Å². The van der Waals surface area contributed by atoms with Crippen molar-refractivity contribution < 1.29 is 9.47 Å². The molecule has 0 unspecified atom stereocenters. The van der Waals surface area contributed by atoms with Crippen molar-refractivity contribution in [3.63, 3.8) is 0 Å². The summed E-state index contributed by atoms with van der Waals surface area (Å²) in [4.78, 5) is 0.